The molecule has 0 unspecified atom stereocenters. The second kappa shape index (κ2) is 10.4. The van der Waals surface area contributed by atoms with Crippen LogP contribution in [0.15, 0.2) is 55.1 Å². The van der Waals surface area contributed by atoms with Gasteiger partial charge < -0.3 is 19.4 Å². The fraction of sp³-hybridized carbons (Fsp3) is 0.286. The number of hydrogen-bond donors (Lipinski definition) is 1. The predicted molar refractivity (Wildman–Crippen MR) is 112 cm³/mol. The van der Waals surface area contributed by atoms with Crippen LogP contribution in [0.25, 0.3) is 0 Å². The van der Waals surface area contributed by atoms with E-state index in [0.717, 1.165) is 37.2 Å². The zero-order chi connectivity index (χ0) is 19.8. The number of aromatic nitrogens is 2. The number of halogens is 2. The van der Waals surface area contributed by atoms with Gasteiger partial charge in [-0.2, -0.15) is 0 Å². The van der Waals surface area contributed by atoms with Gasteiger partial charge in [-0.1, -0.05) is 35.3 Å². The highest BCUT2D eigenvalue weighted by atomic mass is 35.5. The number of rotatable bonds is 10. The lowest BCUT2D eigenvalue weighted by Crippen LogP contribution is -2.16. The summed E-state index contributed by atoms with van der Waals surface area (Å²) in [4.78, 5) is 4.04. The third kappa shape index (κ3) is 5.89. The molecule has 28 heavy (non-hydrogen) atoms. The number of nitrogens with one attached hydrogen (secondary N) is 1. The van der Waals surface area contributed by atoms with E-state index in [1.54, 1.807) is 25.4 Å². The Kier molecular flexibility index (Phi) is 7.60. The van der Waals surface area contributed by atoms with Gasteiger partial charge in [-0.05, 0) is 48.4 Å². The van der Waals surface area contributed by atoms with Crippen LogP contribution in [-0.4, -0.2) is 23.2 Å². The third-order valence-electron chi connectivity index (χ3n) is 4.26. The zero-order valence-electron chi connectivity index (χ0n) is 15.7. The van der Waals surface area contributed by atoms with Crippen molar-refractivity contribution in [1.82, 2.24) is 14.9 Å². The number of methoxy groups -OCH3 is 1. The predicted octanol–water partition coefficient (Wildman–Crippen LogP) is 4.96. The summed E-state index contributed by atoms with van der Waals surface area (Å²) in [5.41, 5.74) is 2.08. The summed E-state index contributed by atoms with van der Waals surface area (Å²) in [6.45, 7) is 3.04. The minimum atomic E-state index is 0.388. The summed E-state index contributed by atoms with van der Waals surface area (Å²) in [5.74, 6) is 1.40. The standard InChI is InChI=1S/C21H23Cl2N3O2/c1-27-21-12-16(13-24-7-2-9-26-10-8-25-15-26)4-6-20(21)28-14-17-3-5-18(22)19(23)11-17/h3-6,8,10-12,15,24H,2,7,9,13-14H2,1H3. The Morgan fingerprint density at radius 3 is 2.64 bits per heavy atom. The van der Waals surface area contributed by atoms with Gasteiger partial charge in [0.15, 0.2) is 11.5 Å². The van der Waals surface area contributed by atoms with Gasteiger partial charge >= 0.3 is 0 Å². The average molecular weight is 420 g/mol. The van der Waals surface area contributed by atoms with Gasteiger partial charge in [0.1, 0.15) is 6.61 Å². The SMILES string of the molecule is COc1cc(CNCCCn2ccnc2)ccc1OCc1ccc(Cl)c(Cl)c1. The topological polar surface area (TPSA) is 48.3 Å². The quantitative estimate of drug-likeness (QED) is 0.471. The van der Waals surface area contributed by atoms with Crippen LogP contribution < -0.4 is 14.8 Å². The number of aryl methyl sites for hydroxylation is 1. The average Bonchev–Trinajstić information content (AvgIpc) is 3.22. The first-order valence-electron chi connectivity index (χ1n) is 9.06. The Morgan fingerprint density at radius 2 is 1.89 bits per heavy atom. The first kappa shape index (κ1) is 20.5. The Bertz CT molecular complexity index is 885. The lowest BCUT2D eigenvalue weighted by molar-refractivity contribution is 0.284. The smallest absolute Gasteiger partial charge is 0.161 e. The molecule has 2 aromatic carbocycles. The Morgan fingerprint density at radius 1 is 1.04 bits per heavy atom. The molecule has 0 aliphatic rings. The molecule has 0 spiro atoms. The van der Waals surface area contributed by atoms with Gasteiger partial charge in [0.25, 0.3) is 0 Å². The summed E-state index contributed by atoms with van der Waals surface area (Å²) in [6, 6.07) is 11.4. The van der Waals surface area contributed by atoms with Crippen molar-refractivity contribution in [3.05, 3.63) is 76.3 Å². The summed E-state index contributed by atoms with van der Waals surface area (Å²) < 4.78 is 13.5. The van der Waals surface area contributed by atoms with Crippen molar-refractivity contribution in [2.75, 3.05) is 13.7 Å². The van der Waals surface area contributed by atoms with Crippen molar-refractivity contribution in [3.63, 3.8) is 0 Å². The molecule has 1 aromatic heterocycles. The van der Waals surface area contributed by atoms with E-state index in [0.29, 0.717) is 28.2 Å². The van der Waals surface area contributed by atoms with Gasteiger partial charge in [-0.25, -0.2) is 4.98 Å². The summed E-state index contributed by atoms with van der Waals surface area (Å²) in [7, 11) is 1.64. The molecule has 0 aliphatic carbocycles. The number of benzene rings is 2. The van der Waals surface area contributed by atoms with Gasteiger partial charge in [0.05, 0.1) is 23.5 Å². The molecule has 1 N–H and O–H groups in total. The molecular formula is C21H23Cl2N3O2. The molecule has 0 saturated heterocycles. The monoisotopic (exact) mass is 419 g/mol. The maximum absolute atomic E-state index is 6.05. The molecule has 0 aliphatic heterocycles. The number of hydrogen-bond acceptors (Lipinski definition) is 4. The third-order valence-corrected chi connectivity index (χ3v) is 5.00. The molecule has 1 heterocycles. The lowest BCUT2D eigenvalue weighted by atomic mass is 10.2. The largest absolute Gasteiger partial charge is 0.493 e. The zero-order valence-corrected chi connectivity index (χ0v) is 17.2. The Labute approximate surface area is 175 Å². The molecule has 0 atom stereocenters. The molecule has 0 saturated carbocycles. The van der Waals surface area contributed by atoms with E-state index in [1.165, 1.54) is 0 Å². The van der Waals surface area contributed by atoms with Crippen LogP contribution >= 0.6 is 23.2 Å². The lowest BCUT2D eigenvalue weighted by Gasteiger charge is -2.13. The second-order valence-corrected chi connectivity index (χ2v) is 7.17. The highest BCUT2D eigenvalue weighted by Gasteiger charge is 2.07. The molecule has 5 nitrogen and oxygen atoms in total. The van der Waals surface area contributed by atoms with Crippen LogP contribution in [0.2, 0.25) is 10.0 Å². The van der Waals surface area contributed by atoms with Crippen LogP contribution in [0.5, 0.6) is 11.5 Å². The van der Waals surface area contributed by atoms with E-state index >= 15 is 0 Å². The van der Waals surface area contributed by atoms with Gasteiger partial charge in [0.2, 0.25) is 0 Å². The van der Waals surface area contributed by atoms with Crippen LogP contribution in [0.1, 0.15) is 17.5 Å². The van der Waals surface area contributed by atoms with Crippen LogP contribution in [0.3, 0.4) is 0 Å². The summed E-state index contributed by atoms with van der Waals surface area (Å²) in [5, 5.41) is 4.50. The van der Waals surface area contributed by atoms with Gasteiger partial charge in [-0.15, -0.1) is 0 Å². The van der Waals surface area contributed by atoms with Crippen molar-refractivity contribution in [2.45, 2.75) is 26.1 Å². The van der Waals surface area contributed by atoms with E-state index in [9.17, 15) is 0 Å². The van der Waals surface area contributed by atoms with Crippen LogP contribution in [-0.2, 0) is 19.7 Å². The second-order valence-electron chi connectivity index (χ2n) is 6.35. The maximum Gasteiger partial charge on any atom is 0.161 e. The minimum Gasteiger partial charge on any atom is -0.493 e. The van der Waals surface area contributed by atoms with Crippen molar-refractivity contribution < 1.29 is 9.47 Å². The summed E-state index contributed by atoms with van der Waals surface area (Å²) in [6.07, 6.45) is 6.65. The first-order chi connectivity index (χ1) is 13.7. The van der Waals surface area contributed by atoms with Crippen LogP contribution in [0, 0.1) is 0 Å². The fourth-order valence-corrected chi connectivity index (χ4v) is 3.09. The Balaban J connectivity index is 1.49. The van der Waals surface area contributed by atoms with E-state index in [-0.39, 0.29) is 0 Å². The molecule has 0 fully saturated rings. The van der Waals surface area contributed by atoms with E-state index < -0.39 is 0 Å². The van der Waals surface area contributed by atoms with E-state index in [1.807, 2.05) is 36.8 Å². The van der Waals surface area contributed by atoms with Crippen molar-refractivity contribution in [2.24, 2.45) is 0 Å². The Hall–Kier alpha value is -2.21. The fourth-order valence-electron chi connectivity index (χ4n) is 2.77. The molecule has 3 rings (SSSR count). The normalized spacial score (nSPS) is 10.8. The minimum absolute atomic E-state index is 0.388. The van der Waals surface area contributed by atoms with Crippen molar-refractivity contribution in [1.29, 1.82) is 0 Å². The van der Waals surface area contributed by atoms with Gasteiger partial charge in [0, 0.05) is 25.5 Å². The number of nitrogens with zero attached hydrogens (tertiary/aromatic N) is 2. The summed E-state index contributed by atoms with van der Waals surface area (Å²) >= 11 is 12.0. The highest BCUT2D eigenvalue weighted by molar-refractivity contribution is 6.42. The van der Waals surface area contributed by atoms with E-state index in [2.05, 4.69) is 14.9 Å². The van der Waals surface area contributed by atoms with Crippen molar-refractivity contribution in [3.8, 4) is 11.5 Å². The number of imidazole rings is 1. The van der Waals surface area contributed by atoms with Crippen molar-refractivity contribution >= 4 is 23.2 Å². The highest BCUT2D eigenvalue weighted by Crippen LogP contribution is 2.29. The van der Waals surface area contributed by atoms with E-state index in [4.69, 9.17) is 32.7 Å². The maximum atomic E-state index is 6.05. The molecule has 0 bridgehead atoms. The number of ether oxygens (including phenoxy) is 2. The molecule has 0 radical (unpaired) electrons. The van der Waals surface area contributed by atoms with Crippen LogP contribution in [0.4, 0.5) is 0 Å². The van der Waals surface area contributed by atoms with Gasteiger partial charge in [-0.3, -0.25) is 0 Å². The molecule has 7 heteroatoms. The molecule has 0 amide bonds. The molecular weight excluding hydrogens is 397 g/mol. The molecule has 3 aromatic rings. The molecule has 148 valence electrons. The first-order valence-corrected chi connectivity index (χ1v) is 9.81.